The fraction of sp³-hybridized carbons (Fsp3) is 0.316. The zero-order valence-electron chi connectivity index (χ0n) is 12.7. The molecule has 1 heterocycles. The molecule has 2 atom stereocenters. The number of para-hydroxylation sites is 1. The molecule has 2 aromatic carbocycles. The highest BCUT2D eigenvalue weighted by atomic mass is 16.2. The molecule has 0 bridgehead atoms. The summed E-state index contributed by atoms with van der Waals surface area (Å²) in [5.41, 5.74) is 4.67. The van der Waals surface area contributed by atoms with Crippen LogP contribution in [0.5, 0.6) is 0 Å². The van der Waals surface area contributed by atoms with Crippen LogP contribution in [-0.4, -0.2) is 5.91 Å². The normalized spacial score (nSPS) is 29.0. The molecule has 0 radical (unpaired) electrons. The number of hydrogen-bond donors (Lipinski definition) is 0. The van der Waals surface area contributed by atoms with Gasteiger partial charge < -0.3 is 4.90 Å². The van der Waals surface area contributed by atoms with E-state index in [0.29, 0.717) is 0 Å². The summed E-state index contributed by atoms with van der Waals surface area (Å²) in [6, 6.07) is 16.9. The Kier molecular flexibility index (Phi) is 2.26. The van der Waals surface area contributed by atoms with Crippen LogP contribution in [-0.2, 0) is 22.2 Å². The Bertz CT molecular complexity index is 766. The Hall–Kier alpha value is -2.09. The van der Waals surface area contributed by atoms with E-state index >= 15 is 0 Å². The topological polar surface area (TPSA) is 20.3 Å². The molecule has 1 aliphatic heterocycles. The van der Waals surface area contributed by atoms with Crippen molar-refractivity contribution in [3.05, 3.63) is 65.2 Å². The van der Waals surface area contributed by atoms with Crippen molar-refractivity contribution < 1.29 is 4.79 Å². The molecule has 0 aromatic heterocycles. The molecule has 2 heteroatoms. The summed E-state index contributed by atoms with van der Waals surface area (Å²) in [5, 5.41) is 0. The first-order chi connectivity index (χ1) is 10.00. The van der Waals surface area contributed by atoms with Gasteiger partial charge in [-0.05, 0) is 36.1 Å². The lowest BCUT2D eigenvalue weighted by Crippen LogP contribution is -2.51. The van der Waals surface area contributed by atoms with Gasteiger partial charge >= 0.3 is 0 Å². The van der Waals surface area contributed by atoms with Crippen molar-refractivity contribution in [1.29, 1.82) is 0 Å². The van der Waals surface area contributed by atoms with Gasteiger partial charge in [-0.25, -0.2) is 0 Å². The second-order valence-electron chi connectivity index (χ2n) is 6.61. The van der Waals surface area contributed by atoms with E-state index in [2.05, 4.69) is 56.3 Å². The number of hydrogen-bond acceptors (Lipinski definition) is 1. The highest BCUT2D eigenvalue weighted by Crippen LogP contribution is 2.62. The number of carbonyl (C=O) groups excluding carboxylic acids is 1. The van der Waals surface area contributed by atoms with Crippen LogP contribution in [0.4, 0.5) is 5.69 Å². The molecule has 4 rings (SSSR count). The Labute approximate surface area is 125 Å². The molecule has 2 aromatic rings. The highest BCUT2D eigenvalue weighted by Gasteiger charge is 2.62. The average Bonchev–Trinajstić information content (AvgIpc) is 2.80. The predicted molar refractivity (Wildman–Crippen MR) is 84.5 cm³/mol. The second kappa shape index (κ2) is 3.76. The van der Waals surface area contributed by atoms with Crippen LogP contribution in [0.25, 0.3) is 0 Å². The zero-order valence-corrected chi connectivity index (χ0v) is 12.7. The van der Waals surface area contributed by atoms with Crippen LogP contribution in [0, 0.1) is 0 Å². The van der Waals surface area contributed by atoms with Gasteiger partial charge in [0, 0.05) is 18.0 Å². The lowest BCUT2D eigenvalue weighted by atomic mass is 9.70. The van der Waals surface area contributed by atoms with Crippen LogP contribution in [0.3, 0.4) is 0 Å². The fourth-order valence-corrected chi connectivity index (χ4v) is 4.58. The minimum Gasteiger partial charge on any atom is -0.302 e. The molecule has 0 unspecified atom stereocenters. The number of nitrogens with zero attached hydrogens (tertiary/aromatic N) is 1. The van der Waals surface area contributed by atoms with E-state index in [1.54, 1.807) is 6.92 Å². The van der Waals surface area contributed by atoms with Crippen molar-refractivity contribution in [2.24, 2.45) is 0 Å². The van der Waals surface area contributed by atoms with Crippen LogP contribution in [0.1, 0.15) is 37.5 Å². The number of benzene rings is 2. The zero-order chi connectivity index (χ0) is 14.8. The smallest absolute Gasteiger partial charge is 0.224 e. The van der Waals surface area contributed by atoms with E-state index in [-0.39, 0.29) is 16.9 Å². The number of amides is 1. The number of rotatable bonds is 0. The maximum Gasteiger partial charge on any atom is 0.224 e. The Morgan fingerprint density at radius 2 is 1.62 bits per heavy atom. The summed E-state index contributed by atoms with van der Waals surface area (Å²) in [4.78, 5) is 14.4. The summed E-state index contributed by atoms with van der Waals surface area (Å²) in [5.74, 6) is 0.116. The molecule has 0 N–H and O–H groups in total. The molecule has 106 valence electrons. The second-order valence-corrected chi connectivity index (χ2v) is 6.61. The van der Waals surface area contributed by atoms with Crippen molar-refractivity contribution in [2.75, 3.05) is 4.90 Å². The fourth-order valence-electron chi connectivity index (χ4n) is 4.58. The highest BCUT2D eigenvalue weighted by molar-refractivity contribution is 5.98. The summed E-state index contributed by atoms with van der Waals surface area (Å²) in [7, 11) is 0. The summed E-state index contributed by atoms with van der Waals surface area (Å²) in [6.45, 7) is 6.20. The number of carbonyl (C=O) groups is 1. The van der Waals surface area contributed by atoms with Crippen molar-refractivity contribution in [3.63, 3.8) is 0 Å². The summed E-state index contributed by atoms with van der Waals surface area (Å²) >= 11 is 0. The first-order valence-electron chi connectivity index (χ1n) is 7.49. The van der Waals surface area contributed by atoms with E-state index in [1.807, 2.05) is 11.0 Å². The van der Waals surface area contributed by atoms with Gasteiger partial charge in [0.25, 0.3) is 0 Å². The van der Waals surface area contributed by atoms with Crippen LogP contribution < -0.4 is 4.90 Å². The standard InChI is InChI=1S/C19H19NO/c1-13(21)20-17-11-7-6-10-16(17)18(2)12-14-8-4-5-9-15(14)19(18,20)3/h4-11H,12H2,1-3H3/t18-,19-/m1/s1. The molecule has 0 saturated carbocycles. The molecule has 0 fully saturated rings. The molecule has 21 heavy (non-hydrogen) atoms. The molecular formula is C19H19NO. The summed E-state index contributed by atoms with van der Waals surface area (Å²) in [6.07, 6.45) is 0.987. The third kappa shape index (κ3) is 1.26. The molecule has 0 saturated heterocycles. The van der Waals surface area contributed by atoms with E-state index < -0.39 is 0 Å². The van der Waals surface area contributed by atoms with Crippen LogP contribution in [0.2, 0.25) is 0 Å². The largest absolute Gasteiger partial charge is 0.302 e. The van der Waals surface area contributed by atoms with Gasteiger partial charge in [-0.1, -0.05) is 49.4 Å². The summed E-state index contributed by atoms with van der Waals surface area (Å²) < 4.78 is 0. The third-order valence-electron chi connectivity index (χ3n) is 5.66. The lowest BCUT2D eigenvalue weighted by molar-refractivity contribution is -0.118. The monoisotopic (exact) mass is 277 g/mol. The van der Waals surface area contributed by atoms with Gasteiger partial charge in [0.2, 0.25) is 5.91 Å². The molecule has 0 spiro atoms. The third-order valence-corrected chi connectivity index (χ3v) is 5.66. The molecule has 1 aliphatic carbocycles. The predicted octanol–water partition coefficient (Wildman–Crippen LogP) is 3.78. The molecule has 1 amide bonds. The number of anilines is 1. The van der Waals surface area contributed by atoms with Gasteiger partial charge in [0.05, 0.1) is 5.54 Å². The van der Waals surface area contributed by atoms with Gasteiger partial charge in [0.15, 0.2) is 0 Å². The average molecular weight is 277 g/mol. The number of fused-ring (bicyclic) bond motifs is 5. The Morgan fingerprint density at radius 1 is 1.00 bits per heavy atom. The quantitative estimate of drug-likeness (QED) is 0.717. The van der Waals surface area contributed by atoms with E-state index in [0.717, 1.165) is 12.1 Å². The van der Waals surface area contributed by atoms with E-state index in [4.69, 9.17) is 0 Å². The van der Waals surface area contributed by atoms with Gasteiger partial charge in [-0.15, -0.1) is 0 Å². The van der Waals surface area contributed by atoms with E-state index in [1.165, 1.54) is 16.7 Å². The molecule has 2 aliphatic rings. The van der Waals surface area contributed by atoms with E-state index in [9.17, 15) is 4.79 Å². The van der Waals surface area contributed by atoms with Crippen molar-refractivity contribution >= 4 is 11.6 Å². The first kappa shape index (κ1) is 12.6. The Morgan fingerprint density at radius 3 is 2.33 bits per heavy atom. The lowest BCUT2D eigenvalue weighted by Gasteiger charge is -2.41. The SMILES string of the molecule is CC(=O)N1c2ccccc2[C@@]2(C)Cc3ccccc3[C@@]12C. The van der Waals surface area contributed by atoms with Gasteiger partial charge in [-0.3, -0.25) is 4.79 Å². The minimum atomic E-state index is -0.293. The Balaban J connectivity index is 2.08. The van der Waals surface area contributed by atoms with Gasteiger partial charge in [-0.2, -0.15) is 0 Å². The van der Waals surface area contributed by atoms with Crippen LogP contribution in [0.15, 0.2) is 48.5 Å². The van der Waals surface area contributed by atoms with Gasteiger partial charge in [0.1, 0.15) is 0 Å². The van der Waals surface area contributed by atoms with Crippen molar-refractivity contribution in [1.82, 2.24) is 0 Å². The molecular weight excluding hydrogens is 258 g/mol. The first-order valence-corrected chi connectivity index (χ1v) is 7.49. The van der Waals surface area contributed by atoms with Crippen molar-refractivity contribution in [3.8, 4) is 0 Å². The minimum absolute atomic E-state index is 0.0566. The van der Waals surface area contributed by atoms with Crippen molar-refractivity contribution in [2.45, 2.75) is 38.1 Å². The molecule has 2 nitrogen and oxygen atoms in total. The maximum atomic E-state index is 12.4. The van der Waals surface area contributed by atoms with Crippen LogP contribution >= 0.6 is 0 Å². The maximum absolute atomic E-state index is 12.4.